The predicted molar refractivity (Wildman–Crippen MR) is 104 cm³/mol. The summed E-state index contributed by atoms with van der Waals surface area (Å²) in [5.74, 6) is -0.474. The summed E-state index contributed by atoms with van der Waals surface area (Å²) in [6.07, 6.45) is 0.923. The third-order valence-corrected chi connectivity index (χ3v) is 3.98. The third kappa shape index (κ3) is 4.23. The van der Waals surface area contributed by atoms with Crippen LogP contribution in [0.4, 0.5) is 5.69 Å². The molecule has 3 aromatic rings. The Balaban J connectivity index is 2.06. The van der Waals surface area contributed by atoms with Crippen molar-refractivity contribution in [1.82, 2.24) is 4.98 Å². The van der Waals surface area contributed by atoms with Gasteiger partial charge in [0.25, 0.3) is 0 Å². The number of carbonyl (C=O) groups excluding carboxylic acids is 1. The molecular weight excluding hydrogens is 344 g/mol. The molecule has 0 unspecified atom stereocenters. The summed E-state index contributed by atoms with van der Waals surface area (Å²) in [4.78, 5) is 27.6. The molecule has 0 aliphatic rings. The number of benzene rings is 2. The fourth-order valence-electron chi connectivity index (χ4n) is 2.78. The van der Waals surface area contributed by atoms with Crippen molar-refractivity contribution < 1.29 is 19.4 Å². The van der Waals surface area contributed by atoms with E-state index < -0.39 is 5.97 Å². The van der Waals surface area contributed by atoms with Crippen molar-refractivity contribution in [2.75, 3.05) is 11.9 Å². The maximum absolute atomic E-state index is 11.7. The molecular formula is C21H20N2O4. The van der Waals surface area contributed by atoms with Crippen LogP contribution in [0, 0.1) is 0 Å². The molecule has 6 heteroatoms. The molecule has 0 saturated heterocycles. The van der Waals surface area contributed by atoms with E-state index in [1.807, 2.05) is 31.2 Å². The van der Waals surface area contributed by atoms with Gasteiger partial charge in [0, 0.05) is 23.6 Å². The highest BCUT2D eigenvalue weighted by Gasteiger charge is 2.14. The van der Waals surface area contributed by atoms with Crippen LogP contribution in [0.1, 0.15) is 30.6 Å². The summed E-state index contributed by atoms with van der Waals surface area (Å²) in [5, 5.41) is 12.8. The lowest BCUT2D eigenvalue weighted by molar-refractivity contribution is -0.114. The fraction of sp³-hybridized carbons (Fsp3) is 0.190. The Labute approximate surface area is 156 Å². The molecule has 2 N–H and O–H groups in total. The van der Waals surface area contributed by atoms with E-state index >= 15 is 0 Å². The summed E-state index contributed by atoms with van der Waals surface area (Å²) in [6.45, 7) is 4.09. The second-order valence-corrected chi connectivity index (χ2v) is 6.15. The summed E-state index contributed by atoms with van der Waals surface area (Å²) < 4.78 is 5.58. The van der Waals surface area contributed by atoms with E-state index in [4.69, 9.17) is 4.74 Å². The molecule has 0 spiro atoms. The molecule has 6 nitrogen and oxygen atoms in total. The number of carbonyl (C=O) groups is 2. The highest BCUT2D eigenvalue weighted by atomic mass is 16.5. The van der Waals surface area contributed by atoms with Crippen LogP contribution < -0.4 is 10.1 Å². The van der Waals surface area contributed by atoms with E-state index in [0.717, 1.165) is 17.7 Å². The quantitative estimate of drug-likeness (QED) is 0.679. The highest BCUT2D eigenvalue weighted by Crippen LogP contribution is 2.28. The van der Waals surface area contributed by atoms with Crippen LogP contribution in [0.2, 0.25) is 0 Å². The van der Waals surface area contributed by atoms with Gasteiger partial charge in [-0.2, -0.15) is 0 Å². The van der Waals surface area contributed by atoms with E-state index in [1.54, 1.807) is 24.3 Å². The lowest BCUT2D eigenvalue weighted by Gasteiger charge is -2.10. The van der Waals surface area contributed by atoms with Crippen LogP contribution in [-0.4, -0.2) is 28.6 Å². The van der Waals surface area contributed by atoms with E-state index in [9.17, 15) is 14.7 Å². The largest absolute Gasteiger partial charge is 0.494 e. The number of carboxylic acids is 1. The average molecular weight is 364 g/mol. The zero-order chi connectivity index (χ0) is 19.4. The maximum atomic E-state index is 11.7. The maximum Gasteiger partial charge on any atom is 0.336 e. The fourth-order valence-corrected chi connectivity index (χ4v) is 2.78. The number of aromatic nitrogens is 1. The highest BCUT2D eigenvalue weighted by molar-refractivity contribution is 6.05. The van der Waals surface area contributed by atoms with Gasteiger partial charge in [-0.15, -0.1) is 0 Å². The second kappa shape index (κ2) is 7.86. The predicted octanol–water partition coefficient (Wildman–Crippen LogP) is 4.35. The number of rotatable bonds is 6. The number of carboxylic acid groups (broad SMARTS) is 1. The molecule has 1 amide bonds. The van der Waals surface area contributed by atoms with Gasteiger partial charge in [0.2, 0.25) is 5.91 Å². The van der Waals surface area contributed by atoms with Crippen molar-refractivity contribution in [3.8, 4) is 17.0 Å². The van der Waals surface area contributed by atoms with Crippen LogP contribution in [0.25, 0.3) is 22.2 Å². The lowest BCUT2D eigenvalue weighted by Crippen LogP contribution is -2.06. The van der Waals surface area contributed by atoms with Gasteiger partial charge < -0.3 is 15.2 Å². The van der Waals surface area contributed by atoms with Crippen molar-refractivity contribution in [2.24, 2.45) is 0 Å². The molecule has 0 aliphatic heterocycles. The number of nitrogens with one attached hydrogen (secondary N) is 1. The van der Waals surface area contributed by atoms with Gasteiger partial charge in [0.1, 0.15) is 5.75 Å². The summed E-state index contributed by atoms with van der Waals surface area (Å²) in [6, 6.07) is 13.9. The number of nitrogens with zero attached hydrogens (tertiary/aromatic N) is 1. The number of pyridine rings is 1. The minimum atomic E-state index is -1.03. The molecule has 138 valence electrons. The van der Waals surface area contributed by atoms with Gasteiger partial charge in [-0.25, -0.2) is 9.78 Å². The lowest BCUT2D eigenvalue weighted by atomic mass is 10.0. The molecule has 2 aromatic carbocycles. The summed E-state index contributed by atoms with van der Waals surface area (Å²) in [5.41, 5.74) is 2.56. The van der Waals surface area contributed by atoms with Gasteiger partial charge in [-0.1, -0.05) is 6.92 Å². The molecule has 0 bridgehead atoms. The molecule has 3 rings (SSSR count). The summed E-state index contributed by atoms with van der Waals surface area (Å²) in [7, 11) is 0. The number of hydrogen-bond donors (Lipinski definition) is 2. The average Bonchev–Trinajstić information content (AvgIpc) is 2.65. The molecule has 1 heterocycles. The first-order valence-corrected chi connectivity index (χ1v) is 8.67. The molecule has 0 radical (unpaired) electrons. The summed E-state index contributed by atoms with van der Waals surface area (Å²) >= 11 is 0. The normalized spacial score (nSPS) is 10.6. The van der Waals surface area contributed by atoms with Gasteiger partial charge in [0.15, 0.2) is 0 Å². The van der Waals surface area contributed by atoms with Crippen molar-refractivity contribution in [2.45, 2.75) is 20.3 Å². The van der Waals surface area contributed by atoms with Gasteiger partial charge in [-0.05, 0) is 55.0 Å². The second-order valence-electron chi connectivity index (χ2n) is 6.15. The number of amides is 1. The zero-order valence-electron chi connectivity index (χ0n) is 15.2. The topological polar surface area (TPSA) is 88.5 Å². The number of aromatic carboxylic acids is 1. The smallest absolute Gasteiger partial charge is 0.336 e. The van der Waals surface area contributed by atoms with Crippen LogP contribution in [0.3, 0.4) is 0 Å². The van der Waals surface area contributed by atoms with Crippen molar-refractivity contribution in [1.29, 1.82) is 0 Å². The van der Waals surface area contributed by atoms with E-state index in [0.29, 0.717) is 28.9 Å². The number of hydrogen-bond acceptors (Lipinski definition) is 4. The van der Waals surface area contributed by atoms with Gasteiger partial charge >= 0.3 is 5.97 Å². The van der Waals surface area contributed by atoms with Crippen LogP contribution in [-0.2, 0) is 4.79 Å². The zero-order valence-corrected chi connectivity index (χ0v) is 15.2. The Morgan fingerprint density at radius 3 is 2.48 bits per heavy atom. The third-order valence-electron chi connectivity index (χ3n) is 3.98. The van der Waals surface area contributed by atoms with E-state index in [-0.39, 0.29) is 11.5 Å². The number of anilines is 1. The van der Waals surface area contributed by atoms with Gasteiger partial charge in [-0.3, -0.25) is 4.79 Å². The monoisotopic (exact) mass is 364 g/mol. The van der Waals surface area contributed by atoms with Crippen LogP contribution in [0.15, 0.2) is 48.5 Å². The van der Waals surface area contributed by atoms with Crippen LogP contribution >= 0.6 is 0 Å². The minimum Gasteiger partial charge on any atom is -0.494 e. The molecule has 0 saturated carbocycles. The van der Waals surface area contributed by atoms with E-state index in [1.165, 1.54) is 6.92 Å². The Morgan fingerprint density at radius 2 is 1.85 bits per heavy atom. The molecule has 1 aromatic heterocycles. The SMILES string of the molecule is CCCOc1ccc(-c2cc(C(=O)O)c3ccc(NC(C)=O)cc3n2)cc1. The molecule has 27 heavy (non-hydrogen) atoms. The van der Waals surface area contributed by atoms with Crippen molar-refractivity contribution >= 4 is 28.5 Å². The van der Waals surface area contributed by atoms with E-state index in [2.05, 4.69) is 10.3 Å². The Hall–Kier alpha value is -3.41. The number of ether oxygens (including phenoxy) is 1. The molecule has 0 atom stereocenters. The molecule has 0 fully saturated rings. The first-order chi connectivity index (χ1) is 13.0. The first kappa shape index (κ1) is 18.4. The van der Waals surface area contributed by atoms with Gasteiger partial charge in [0.05, 0.1) is 23.4 Å². The van der Waals surface area contributed by atoms with Crippen molar-refractivity contribution in [3.63, 3.8) is 0 Å². The first-order valence-electron chi connectivity index (χ1n) is 8.67. The Kier molecular flexibility index (Phi) is 5.35. The molecule has 0 aliphatic carbocycles. The standard InChI is InChI=1S/C21H20N2O4/c1-3-10-27-16-7-4-14(5-8-16)19-12-18(21(25)26)17-9-6-15(22-13(2)24)11-20(17)23-19/h4-9,11-12H,3,10H2,1-2H3,(H,22,24)(H,25,26). The Bertz CT molecular complexity index is 997. The van der Waals surface area contributed by atoms with Crippen molar-refractivity contribution in [3.05, 3.63) is 54.1 Å². The number of fused-ring (bicyclic) bond motifs is 1. The minimum absolute atomic E-state index is 0.163. The van der Waals surface area contributed by atoms with Crippen LogP contribution in [0.5, 0.6) is 5.75 Å². The Morgan fingerprint density at radius 1 is 1.11 bits per heavy atom.